The molecule has 1 heterocycles. The van der Waals surface area contributed by atoms with Gasteiger partial charge in [-0.05, 0) is 20.8 Å². The molecule has 0 saturated carbocycles. The van der Waals surface area contributed by atoms with Gasteiger partial charge in [-0.1, -0.05) is 6.08 Å². The van der Waals surface area contributed by atoms with Crippen LogP contribution in [0.25, 0.3) is 0 Å². The summed E-state index contributed by atoms with van der Waals surface area (Å²) in [7, 11) is 0. The Balaban J connectivity index is 2.88. The maximum atomic E-state index is 12.2. The zero-order valence-electron chi connectivity index (χ0n) is 11.4. The van der Waals surface area contributed by atoms with Gasteiger partial charge >= 0.3 is 5.97 Å². The van der Waals surface area contributed by atoms with Gasteiger partial charge in [-0.15, -0.1) is 17.9 Å². The van der Waals surface area contributed by atoms with Gasteiger partial charge in [-0.2, -0.15) is 0 Å². The Bertz CT molecular complexity index is 468. The molecule has 0 spiro atoms. The van der Waals surface area contributed by atoms with Crippen LogP contribution in [-0.4, -0.2) is 41.0 Å². The molecule has 19 heavy (non-hydrogen) atoms. The van der Waals surface area contributed by atoms with E-state index in [-0.39, 0.29) is 29.3 Å². The van der Waals surface area contributed by atoms with Gasteiger partial charge in [0.2, 0.25) is 5.01 Å². The average Bonchev–Trinajstić information content (AvgIpc) is 2.84. The molecule has 0 aliphatic rings. The molecule has 0 aliphatic heterocycles. The van der Waals surface area contributed by atoms with Crippen LogP contribution in [0.1, 0.15) is 41.1 Å². The molecule has 0 bridgehead atoms. The molecule has 0 radical (unpaired) electrons. The molecule has 104 valence electrons. The summed E-state index contributed by atoms with van der Waals surface area (Å²) in [6, 6.07) is 0.0400. The van der Waals surface area contributed by atoms with Crippen LogP contribution in [0.5, 0.6) is 0 Å². The largest absolute Gasteiger partial charge is 0.461 e. The van der Waals surface area contributed by atoms with Gasteiger partial charge in [0.1, 0.15) is 5.69 Å². The number of hydrogen-bond donors (Lipinski definition) is 0. The quantitative estimate of drug-likeness (QED) is 0.593. The van der Waals surface area contributed by atoms with Crippen LogP contribution < -0.4 is 0 Å². The molecule has 1 aromatic rings. The van der Waals surface area contributed by atoms with E-state index in [1.54, 1.807) is 23.3 Å². The topological polar surface area (TPSA) is 59.5 Å². The summed E-state index contributed by atoms with van der Waals surface area (Å²) < 4.78 is 4.84. The highest BCUT2D eigenvalue weighted by molar-refractivity contribution is 7.11. The first-order valence-corrected chi connectivity index (χ1v) is 6.93. The smallest absolute Gasteiger partial charge is 0.367 e. The Morgan fingerprint density at radius 3 is 2.79 bits per heavy atom. The lowest BCUT2D eigenvalue weighted by atomic mass is 10.3. The fourth-order valence-corrected chi connectivity index (χ4v) is 2.16. The minimum Gasteiger partial charge on any atom is -0.461 e. The Morgan fingerprint density at radius 1 is 1.58 bits per heavy atom. The van der Waals surface area contributed by atoms with E-state index in [9.17, 15) is 9.59 Å². The second kappa shape index (κ2) is 7.04. The zero-order chi connectivity index (χ0) is 14.4. The number of rotatable bonds is 6. The number of ether oxygens (including phenoxy) is 1. The van der Waals surface area contributed by atoms with E-state index in [4.69, 9.17) is 4.74 Å². The predicted molar refractivity (Wildman–Crippen MR) is 74.4 cm³/mol. The number of carbonyl (C=O) groups is 2. The first-order valence-electron chi connectivity index (χ1n) is 6.05. The summed E-state index contributed by atoms with van der Waals surface area (Å²) >= 11 is 1.11. The minimum absolute atomic E-state index is 0.0400. The summed E-state index contributed by atoms with van der Waals surface area (Å²) in [4.78, 5) is 29.4. The normalized spacial score (nSPS) is 10.3. The molecule has 0 fully saturated rings. The van der Waals surface area contributed by atoms with Crippen molar-refractivity contribution in [2.75, 3.05) is 13.2 Å². The Morgan fingerprint density at radius 2 is 2.26 bits per heavy atom. The molecule has 0 saturated heterocycles. The summed E-state index contributed by atoms with van der Waals surface area (Å²) in [6.07, 6.45) is 1.66. The number of thiazole rings is 1. The number of aromatic nitrogens is 1. The van der Waals surface area contributed by atoms with E-state index >= 15 is 0 Å². The van der Waals surface area contributed by atoms with Crippen molar-refractivity contribution in [3.05, 3.63) is 28.7 Å². The van der Waals surface area contributed by atoms with E-state index < -0.39 is 5.97 Å². The van der Waals surface area contributed by atoms with E-state index in [1.807, 2.05) is 13.8 Å². The highest BCUT2D eigenvalue weighted by atomic mass is 32.1. The second-order valence-corrected chi connectivity index (χ2v) is 4.96. The van der Waals surface area contributed by atoms with E-state index in [1.165, 1.54) is 0 Å². The third-order valence-corrected chi connectivity index (χ3v) is 3.21. The number of carbonyl (C=O) groups excluding carboxylic acids is 2. The van der Waals surface area contributed by atoms with Gasteiger partial charge in [0.05, 0.1) is 6.61 Å². The molecule has 5 nitrogen and oxygen atoms in total. The van der Waals surface area contributed by atoms with Gasteiger partial charge in [-0.25, -0.2) is 9.78 Å². The second-order valence-electron chi connectivity index (χ2n) is 4.10. The lowest BCUT2D eigenvalue weighted by Gasteiger charge is -2.24. The third kappa shape index (κ3) is 3.89. The Hall–Kier alpha value is -1.69. The van der Waals surface area contributed by atoms with Gasteiger partial charge in [0, 0.05) is 18.0 Å². The fourth-order valence-electron chi connectivity index (χ4n) is 1.47. The van der Waals surface area contributed by atoms with Crippen LogP contribution in [-0.2, 0) is 4.74 Å². The van der Waals surface area contributed by atoms with E-state index in [2.05, 4.69) is 11.6 Å². The zero-order valence-corrected chi connectivity index (χ0v) is 12.2. The van der Waals surface area contributed by atoms with Crippen LogP contribution >= 0.6 is 11.3 Å². The lowest BCUT2D eigenvalue weighted by Crippen LogP contribution is -2.37. The molecule has 1 rings (SSSR count). The monoisotopic (exact) mass is 282 g/mol. The molecule has 1 aromatic heterocycles. The van der Waals surface area contributed by atoms with Crippen LogP contribution in [0.15, 0.2) is 18.0 Å². The average molecular weight is 282 g/mol. The molecule has 0 aliphatic carbocycles. The maximum absolute atomic E-state index is 12.2. The molecule has 1 amide bonds. The SMILES string of the molecule is C=CCN(C(=O)c1csc(C(=O)OCC)n1)C(C)C. The molecular formula is C13H18N2O3S. The lowest BCUT2D eigenvalue weighted by molar-refractivity contribution is 0.0526. The molecule has 0 unspecified atom stereocenters. The Labute approximate surface area is 116 Å². The predicted octanol–water partition coefficient (Wildman–Crippen LogP) is 2.36. The Kier molecular flexibility index (Phi) is 5.69. The number of nitrogens with zero attached hydrogens (tertiary/aromatic N) is 2. The summed E-state index contributed by atoms with van der Waals surface area (Å²) in [5.74, 6) is -0.701. The highest BCUT2D eigenvalue weighted by Gasteiger charge is 2.22. The van der Waals surface area contributed by atoms with Gasteiger partial charge < -0.3 is 9.64 Å². The van der Waals surface area contributed by atoms with Crippen LogP contribution in [0.2, 0.25) is 0 Å². The van der Waals surface area contributed by atoms with Crippen LogP contribution in [0.3, 0.4) is 0 Å². The van der Waals surface area contributed by atoms with E-state index in [0.29, 0.717) is 6.54 Å². The van der Waals surface area contributed by atoms with Crippen molar-refractivity contribution >= 4 is 23.2 Å². The fraction of sp³-hybridized carbons (Fsp3) is 0.462. The number of esters is 1. The molecule has 6 heteroatoms. The third-order valence-electron chi connectivity index (χ3n) is 2.38. The minimum atomic E-state index is -0.494. The molecule has 0 atom stereocenters. The molecule has 0 N–H and O–H groups in total. The van der Waals surface area contributed by atoms with Crippen molar-refractivity contribution in [2.24, 2.45) is 0 Å². The first-order chi connectivity index (χ1) is 9.01. The van der Waals surface area contributed by atoms with Crippen molar-refractivity contribution in [3.63, 3.8) is 0 Å². The van der Waals surface area contributed by atoms with Crippen molar-refractivity contribution in [3.8, 4) is 0 Å². The van der Waals surface area contributed by atoms with Crippen LogP contribution in [0.4, 0.5) is 0 Å². The van der Waals surface area contributed by atoms with Crippen molar-refractivity contribution in [2.45, 2.75) is 26.8 Å². The summed E-state index contributed by atoms with van der Waals surface area (Å²) in [5.41, 5.74) is 0.267. The molecule has 0 aromatic carbocycles. The number of hydrogen-bond acceptors (Lipinski definition) is 5. The van der Waals surface area contributed by atoms with Crippen molar-refractivity contribution in [1.29, 1.82) is 0 Å². The van der Waals surface area contributed by atoms with Gasteiger partial charge in [0.15, 0.2) is 0 Å². The van der Waals surface area contributed by atoms with E-state index in [0.717, 1.165) is 11.3 Å². The van der Waals surface area contributed by atoms with Crippen LogP contribution in [0, 0.1) is 0 Å². The maximum Gasteiger partial charge on any atom is 0.367 e. The first kappa shape index (κ1) is 15.4. The summed E-state index contributed by atoms with van der Waals surface area (Å²) in [6.45, 7) is 9.92. The van der Waals surface area contributed by atoms with Crippen molar-refractivity contribution < 1.29 is 14.3 Å². The van der Waals surface area contributed by atoms with Crippen molar-refractivity contribution in [1.82, 2.24) is 9.88 Å². The standard InChI is InChI=1S/C13H18N2O3S/c1-5-7-15(9(3)4)12(16)10-8-19-11(14-10)13(17)18-6-2/h5,8-9H,1,6-7H2,2-4H3. The molecular weight excluding hydrogens is 264 g/mol. The summed E-state index contributed by atoms with van der Waals surface area (Å²) in [5, 5.41) is 1.78. The highest BCUT2D eigenvalue weighted by Crippen LogP contribution is 2.14. The number of amides is 1. The van der Waals surface area contributed by atoms with Gasteiger partial charge in [-0.3, -0.25) is 4.79 Å². The van der Waals surface area contributed by atoms with Gasteiger partial charge in [0.25, 0.3) is 5.91 Å².